The molecule has 0 aliphatic heterocycles. The number of nitrogens with one attached hydrogen (secondary N) is 1. The van der Waals surface area contributed by atoms with Crippen LogP contribution < -0.4 is 5.32 Å². The molecule has 1 aliphatic rings. The predicted octanol–water partition coefficient (Wildman–Crippen LogP) is 3.85. The Labute approximate surface area is 101 Å². The predicted molar refractivity (Wildman–Crippen MR) is 65.9 cm³/mol. The summed E-state index contributed by atoms with van der Waals surface area (Å²) in [7, 11) is 0. The van der Waals surface area contributed by atoms with Gasteiger partial charge < -0.3 is 5.32 Å². The fraction of sp³-hybridized carbons (Fsp3) is 0.500. The minimum atomic E-state index is 0.631. The van der Waals surface area contributed by atoms with Gasteiger partial charge in [0.05, 0.1) is 10.0 Å². The lowest BCUT2D eigenvalue weighted by Gasteiger charge is -2.03. The molecule has 3 heteroatoms. The Morgan fingerprint density at radius 3 is 2.80 bits per heavy atom. The number of halogens is 2. The van der Waals surface area contributed by atoms with Gasteiger partial charge in [0, 0.05) is 12.0 Å². The summed E-state index contributed by atoms with van der Waals surface area (Å²) in [6.45, 7) is 3.28. The fourth-order valence-corrected chi connectivity index (χ4v) is 2.17. The summed E-state index contributed by atoms with van der Waals surface area (Å²) in [6.07, 6.45) is 2.41. The number of benzene rings is 1. The van der Waals surface area contributed by atoms with Crippen molar-refractivity contribution in [2.45, 2.75) is 31.7 Å². The zero-order chi connectivity index (χ0) is 10.8. The van der Waals surface area contributed by atoms with Gasteiger partial charge in [0.25, 0.3) is 0 Å². The molecule has 1 saturated carbocycles. The summed E-state index contributed by atoms with van der Waals surface area (Å²) >= 11 is 11.9. The maximum Gasteiger partial charge on any atom is 0.0595 e. The molecule has 82 valence electrons. The Kier molecular flexibility index (Phi) is 3.55. The molecule has 1 aliphatic carbocycles. The third-order valence-electron chi connectivity index (χ3n) is 2.82. The normalized spacial score (nSPS) is 24.2. The monoisotopic (exact) mass is 243 g/mol. The van der Waals surface area contributed by atoms with Crippen LogP contribution in [0.3, 0.4) is 0 Å². The third kappa shape index (κ3) is 2.66. The van der Waals surface area contributed by atoms with Crippen LogP contribution >= 0.6 is 23.2 Å². The van der Waals surface area contributed by atoms with Crippen LogP contribution in [0.5, 0.6) is 0 Å². The first-order valence-electron chi connectivity index (χ1n) is 5.40. The van der Waals surface area contributed by atoms with Gasteiger partial charge in [0.1, 0.15) is 0 Å². The fourth-order valence-electron chi connectivity index (χ4n) is 1.86. The molecule has 1 aromatic rings. The molecule has 1 fully saturated rings. The second-order valence-electron chi connectivity index (χ2n) is 4.08. The largest absolute Gasteiger partial charge is 0.313 e. The molecule has 1 N–H and O–H groups in total. The molecule has 2 rings (SSSR count). The maximum atomic E-state index is 5.99. The lowest BCUT2D eigenvalue weighted by Crippen LogP contribution is -2.18. The lowest BCUT2D eigenvalue weighted by molar-refractivity contribution is 0.658. The van der Waals surface area contributed by atoms with E-state index in [1.165, 1.54) is 18.4 Å². The maximum absolute atomic E-state index is 5.99. The van der Waals surface area contributed by atoms with Gasteiger partial charge in [-0.3, -0.25) is 0 Å². The zero-order valence-electron chi connectivity index (χ0n) is 8.76. The molecular formula is C12H15Cl2N. The van der Waals surface area contributed by atoms with Gasteiger partial charge >= 0.3 is 0 Å². The molecule has 15 heavy (non-hydrogen) atoms. The van der Waals surface area contributed by atoms with E-state index in [4.69, 9.17) is 23.2 Å². The van der Waals surface area contributed by atoms with Crippen LogP contribution in [0.1, 0.15) is 31.2 Å². The average Bonchev–Trinajstić information content (AvgIpc) is 2.98. The highest BCUT2D eigenvalue weighted by atomic mass is 35.5. The average molecular weight is 244 g/mol. The lowest BCUT2D eigenvalue weighted by atomic mass is 10.1. The van der Waals surface area contributed by atoms with E-state index in [2.05, 4.69) is 18.3 Å². The molecular weight excluding hydrogens is 229 g/mol. The van der Waals surface area contributed by atoms with Crippen molar-refractivity contribution in [1.82, 2.24) is 5.32 Å². The van der Waals surface area contributed by atoms with Crippen LogP contribution in [0.25, 0.3) is 0 Å². The molecule has 1 unspecified atom stereocenters. The Bertz CT molecular complexity index is 351. The summed E-state index contributed by atoms with van der Waals surface area (Å²) < 4.78 is 0. The summed E-state index contributed by atoms with van der Waals surface area (Å²) in [4.78, 5) is 0. The molecule has 0 spiro atoms. The minimum Gasteiger partial charge on any atom is -0.313 e. The van der Waals surface area contributed by atoms with Gasteiger partial charge in [0.2, 0.25) is 0 Å². The van der Waals surface area contributed by atoms with E-state index in [-0.39, 0.29) is 0 Å². The zero-order valence-corrected chi connectivity index (χ0v) is 10.3. The van der Waals surface area contributed by atoms with Crippen molar-refractivity contribution in [2.24, 2.45) is 0 Å². The van der Waals surface area contributed by atoms with Gasteiger partial charge in [-0.25, -0.2) is 0 Å². The van der Waals surface area contributed by atoms with Crippen LogP contribution in [-0.4, -0.2) is 12.6 Å². The van der Waals surface area contributed by atoms with Crippen molar-refractivity contribution in [1.29, 1.82) is 0 Å². The van der Waals surface area contributed by atoms with Crippen molar-refractivity contribution < 1.29 is 0 Å². The molecule has 0 saturated heterocycles. The highest BCUT2D eigenvalue weighted by Crippen LogP contribution is 2.42. The van der Waals surface area contributed by atoms with Gasteiger partial charge in [0.15, 0.2) is 0 Å². The van der Waals surface area contributed by atoms with Crippen LogP contribution in [0.2, 0.25) is 10.0 Å². The van der Waals surface area contributed by atoms with Crippen LogP contribution in [-0.2, 0) is 0 Å². The Morgan fingerprint density at radius 1 is 1.33 bits per heavy atom. The molecule has 2 atom stereocenters. The molecule has 0 radical (unpaired) electrons. The van der Waals surface area contributed by atoms with Gasteiger partial charge in [-0.15, -0.1) is 0 Å². The number of hydrogen-bond acceptors (Lipinski definition) is 1. The molecule has 0 heterocycles. The van der Waals surface area contributed by atoms with E-state index < -0.39 is 0 Å². The molecule has 1 aromatic carbocycles. The van der Waals surface area contributed by atoms with Crippen molar-refractivity contribution in [3.05, 3.63) is 33.8 Å². The Hall–Kier alpha value is -0.240. The van der Waals surface area contributed by atoms with E-state index in [0.717, 1.165) is 6.54 Å². The van der Waals surface area contributed by atoms with Gasteiger partial charge in [-0.1, -0.05) is 36.2 Å². The van der Waals surface area contributed by atoms with Crippen molar-refractivity contribution >= 4 is 23.2 Å². The minimum absolute atomic E-state index is 0.631. The molecule has 0 aromatic heterocycles. The quantitative estimate of drug-likeness (QED) is 0.848. The third-order valence-corrected chi connectivity index (χ3v) is 3.56. The number of hydrogen-bond donors (Lipinski definition) is 1. The van der Waals surface area contributed by atoms with Crippen LogP contribution in [0.4, 0.5) is 0 Å². The summed E-state index contributed by atoms with van der Waals surface area (Å²) in [6, 6.07) is 6.59. The van der Waals surface area contributed by atoms with E-state index in [0.29, 0.717) is 22.0 Å². The van der Waals surface area contributed by atoms with E-state index in [9.17, 15) is 0 Å². The van der Waals surface area contributed by atoms with E-state index in [1.807, 2.05) is 12.1 Å². The molecule has 0 bridgehead atoms. The van der Waals surface area contributed by atoms with Crippen molar-refractivity contribution in [2.75, 3.05) is 6.54 Å². The smallest absolute Gasteiger partial charge is 0.0595 e. The van der Waals surface area contributed by atoms with Crippen LogP contribution in [0.15, 0.2) is 18.2 Å². The number of rotatable bonds is 4. The van der Waals surface area contributed by atoms with Crippen molar-refractivity contribution in [3.8, 4) is 0 Å². The second kappa shape index (κ2) is 4.73. The standard InChI is InChI=1S/C12H15Cl2N/c1-2-5-15-12-7-9(12)8-3-4-10(13)11(14)6-8/h3-4,6,9,12,15H,2,5,7H2,1H3/t9-,12?/m0/s1. The molecule has 0 amide bonds. The summed E-state index contributed by atoms with van der Waals surface area (Å²) in [5.74, 6) is 0.631. The van der Waals surface area contributed by atoms with E-state index >= 15 is 0 Å². The van der Waals surface area contributed by atoms with Crippen LogP contribution in [0, 0.1) is 0 Å². The Morgan fingerprint density at radius 2 is 2.13 bits per heavy atom. The summed E-state index contributed by atoms with van der Waals surface area (Å²) in [5, 5.41) is 4.81. The highest BCUT2D eigenvalue weighted by molar-refractivity contribution is 6.42. The molecule has 1 nitrogen and oxygen atoms in total. The van der Waals surface area contributed by atoms with Gasteiger partial charge in [-0.2, -0.15) is 0 Å². The summed E-state index contributed by atoms with van der Waals surface area (Å²) in [5.41, 5.74) is 1.30. The highest BCUT2D eigenvalue weighted by Gasteiger charge is 2.37. The SMILES string of the molecule is CCCNC1C[C@H]1c1ccc(Cl)c(Cl)c1. The van der Waals surface area contributed by atoms with Gasteiger partial charge in [-0.05, 0) is 37.1 Å². The first-order chi connectivity index (χ1) is 7.22. The van der Waals surface area contributed by atoms with Crippen molar-refractivity contribution in [3.63, 3.8) is 0 Å². The first-order valence-corrected chi connectivity index (χ1v) is 6.16. The second-order valence-corrected chi connectivity index (χ2v) is 4.89. The first kappa shape index (κ1) is 11.3. The van der Waals surface area contributed by atoms with E-state index in [1.54, 1.807) is 0 Å². The Balaban J connectivity index is 1.98. The topological polar surface area (TPSA) is 12.0 Å².